The molecule has 1 aliphatic carbocycles. The zero-order chi connectivity index (χ0) is 12.8. The summed E-state index contributed by atoms with van der Waals surface area (Å²) < 4.78 is 0. The van der Waals surface area contributed by atoms with Gasteiger partial charge >= 0.3 is 0 Å². The van der Waals surface area contributed by atoms with Crippen LogP contribution in [0, 0.1) is 11.3 Å². The van der Waals surface area contributed by atoms with Crippen LogP contribution in [0.5, 0.6) is 0 Å². The SMILES string of the molecule is CC1=CC2C(=O)NC(O)NC2C(C(C)(C)C)=C1. The zero-order valence-electron chi connectivity index (χ0n) is 10.7. The van der Waals surface area contributed by atoms with Gasteiger partial charge in [-0.05, 0) is 17.9 Å². The van der Waals surface area contributed by atoms with Gasteiger partial charge in [-0.25, -0.2) is 0 Å². The predicted octanol–water partition coefficient (Wildman–Crippen LogP) is 0.899. The Morgan fingerprint density at radius 1 is 1.35 bits per heavy atom. The molecule has 4 heteroatoms. The summed E-state index contributed by atoms with van der Waals surface area (Å²) in [4.78, 5) is 11.9. The molecule has 1 amide bonds. The summed E-state index contributed by atoms with van der Waals surface area (Å²) >= 11 is 0. The second kappa shape index (κ2) is 3.96. The molecule has 0 saturated carbocycles. The molecule has 0 aromatic heterocycles. The number of allylic oxidation sites excluding steroid dienone is 2. The number of fused-ring (bicyclic) bond motifs is 1. The number of hydrogen-bond donors (Lipinski definition) is 3. The molecule has 1 heterocycles. The third-order valence-electron chi connectivity index (χ3n) is 3.30. The van der Waals surface area contributed by atoms with Crippen LogP contribution in [0.15, 0.2) is 23.3 Å². The fourth-order valence-electron chi connectivity index (χ4n) is 2.50. The first-order valence-electron chi connectivity index (χ1n) is 5.94. The summed E-state index contributed by atoms with van der Waals surface area (Å²) in [5, 5.41) is 15.1. The second-order valence-electron chi connectivity index (χ2n) is 5.84. The molecule has 17 heavy (non-hydrogen) atoms. The van der Waals surface area contributed by atoms with E-state index in [1.165, 1.54) is 0 Å². The lowest BCUT2D eigenvalue weighted by Crippen LogP contribution is -2.62. The number of nitrogens with one attached hydrogen (secondary N) is 2. The van der Waals surface area contributed by atoms with E-state index in [1.54, 1.807) is 0 Å². The van der Waals surface area contributed by atoms with E-state index in [2.05, 4.69) is 37.5 Å². The van der Waals surface area contributed by atoms with E-state index in [0.29, 0.717) is 0 Å². The van der Waals surface area contributed by atoms with Crippen LogP contribution in [0.2, 0.25) is 0 Å². The quantitative estimate of drug-likeness (QED) is 0.585. The summed E-state index contributed by atoms with van der Waals surface area (Å²) in [5.74, 6) is -0.340. The summed E-state index contributed by atoms with van der Waals surface area (Å²) in [5.41, 5.74) is 2.24. The van der Waals surface area contributed by atoms with Crippen LogP contribution >= 0.6 is 0 Å². The summed E-state index contributed by atoms with van der Waals surface area (Å²) in [6.45, 7) is 8.36. The maximum atomic E-state index is 11.9. The van der Waals surface area contributed by atoms with Crippen molar-refractivity contribution in [3.63, 3.8) is 0 Å². The third-order valence-corrected chi connectivity index (χ3v) is 3.30. The van der Waals surface area contributed by atoms with Crippen LogP contribution in [-0.4, -0.2) is 23.4 Å². The number of carbonyl (C=O) groups excluding carboxylic acids is 1. The minimum absolute atomic E-state index is 0.0250. The molecule has 1 saturated heterocycles. The number of aliphatic hydroxyl groups excluding tert-OH is 1. The van der Waals surface area contributed by atoms with Gasteiger partial charge in [0.15, 0.2) is 6.35 Å². The lowest BCUT2D eigenvalue weighted by atomic mass is 9.73. The molecule has 3 unspecified atom stereocenters. The standard InChI is InChI=1S/C13H20N2O2/c1-7-5-8-10(9(6-7)13(2,3)4)14-12(17)15-11(8)16/h5-6,8,10,12,14,17H,1-4H3,(H,15,16). The fraction of sp³-hybridized carbons (Fsp3) is 0.615. The van der Waals surface area contributed by atoms with Crippen molar-refractivity contribution in [1.82, 2.24) is 10.6 Å². The summed E-state index contributed by atoms with van der Waals surface area (Å²) in [6, 6.07) is -0.109. The smallest absolute Gasteiger partial charge is 0.231 e. The van der Waals surface area contributed by atoms with Crippen molar-refractivity contribution in [2.24, 2.45) is 11.3 Å². The van der Waals surface area contributed by atoms with Gasteiger partial charge in [0, 0.05) is 6.04 Å². The Morgan fingerprint density at radius 2 is 2.00 bits per heavy atom. The van der Waals surface area contributed by atoms with Gasteiger partial charge in [0.25, 0.3) is 0 Å². The van der Waals surface area contributed by atoms with Gasteiger partial charge in [0.05, 0.1) is 5.92 Å². The molecule has 1 fully saturated rings. The maximum absolute atomic E-state index is 11.9. The molecule has 0 bridgehead atoms. The summed E-state index contributed by atoms with van der Waals surface area (Å²) in [6.07, 6.45) is 3.11. The molecule has 0 aromatic rings. The first-order chi connectivity index (χ1) is 7.79. The van der Waals surface area contributed by atoms with Gasteiger partial charge in [-0.15, -0.1) is 0 Å². The highest BCUT2D eigenvalue weighted by molar-refractivity contribution is 5.83. The van der Waals surface area contributed by atoms with E-state index in [4.69, 9.17) is 0 Å². The lowest BCUT2D eigenvalue weighted by Gasteiger charge is -2.41. The Bertz CT molecular complexity index is 404. The first-order valence-corrected chi connectivity index (χ1v) is 5.94. The number of rotatable bonds is 0. The van der Waals surface area contributed by atoms with Crippen LogP contribution in [0.25, 0.3) is 0 Å². The van der Waals surface area contributed by atoms with Crippen molar-refractivity contribution in [3.8, 4) is 0 Å². The number of carbonyl (C=O) groups is 1. The number of hydrogen-bond acceptors (Lipinski definition) is 3. The van der Waals surface area contributed by atoms with Crippen molar-refractivity contribution in [2.75, 3.05) is 0 Å². The van der Waals surface area contributed by atoms with Gasteiger partial charge in [-0.3, -0.25) is 10.1 Å². The molecule has 4 nitrogen and oxygen atoms in total. The lowest BCUT2D eigenvalue weighted by molar-refractivity contribution is -0.132. The van der Waals surface area contributed by atoms with E-state index in [0.717, 1.165) is 11.1 Å². The highest BCUT2D eigenvalue weighted by Gasteiger charge is 2.40. The van der Waals surface area contributed by atoms with Crippen LogP contribution in [0.1, 0.15) is 27.7 Å². The van der Waals surface area contributed by atoms with E-state index in [1.807, 2.05) is 13.0 Å². The average Bonchev–Trinajstić information content (AvgIpc) is 2.16. The van der Waals surface area contributed by atoms with E-state index < -0.39 is 6.35 Å². The molecular formula is C13H20N2O2. The molecule has 0 radical (unpaired) electrons. The minimum atomic E-state index is -0.957. The van der Waals surface area contributed by atoms with E-state index in [9.17, 15) is 9.90 Å². The highest BCUT2D eigenvalue weighted by Crippen LogP contribution is 2.36. The van der Waals surface area contributed by atoms with Crippen LogP contribution < -0.4 is 10.6 Å². The molecule has 1 aliphatic heterocycles. The van der Waals surface area contributed by atoms with Gasteiger partial charge < -0.3 is 10.4 Å². The third kappa shape index (κ3) is 2.28. The van der Waals surface area contributed by atoms with Crippen molar-refractivity contribution in [1.29, 1.82) is 0 Å². The van der Waals surface area contributed by atoms with Crippen molar-refractivity contribution in [2.45, 2.75) is 40.1 Å². The Kier molecular flexibility index (Phi) is 2.87. The Hall–Kier alpha value is -1.13. The second-order valence-corrected chi connectivity index (χ2v) is 5.84. The van der Waals surface area contributed by atoms with Gasteiger partial charge in [-0.1, -0.05) is 38.5 Å². The van der Waals surface area contributed by atoms with Gasteiger partial charge in [0.2, 0.25) is 5.91 Å². The zero-order valence-corrected chi connectivity index (χ0v) is 10.7. The maximum Gasteiger partial charge on any atom is 0.231 e. The minimum Gasteiger partial charge on any atom is -0.361 e. The molecular weight excluding hydrogens is 216 g/mol. The largest absolute Gasteiger partial charge is 0.361 e. The molecule has 0 aromatic carbocycles. The van der Waals surface area contributed by atoms with Gasteiger partial charge in [-0.2, -0.15) is 0 Å². The molecule has 3 atom stereocenters. The Morgan fingerprint density at radius 3 is 2.59 bits per heavy atom. The summed E-state index contributed by atoms with van der Waals surface area (Å²) in [7, 11) is 0. The number of amides is 1. The Balaban J connectivity index is 2.40. The van der Waals surface area contributed by atoms with Crippen molar-refractivity contribution >= 4 is 5.91 Å². The number of aliphatic hydroxyl groups is 1. The first kappa shape index (κ1) is 12.3. The van der Waals surface area contributed by atoms with Crippen molar-refractivity contribution < 1.29 is 9.90 Å². The monoisotopic (exact) mass is 236 g/mol. The molecule has 0 spiro atoms. The topological polar surface area (TPSA) is 61.4 Å². The molecule has 2 rings (SSSR count). The van der Waals surface area contributed by atoms with Gasteiger partial charge in [0.1, 0.15) is 0 Å². The molecule has 94 valence electrons. The van der Waals surface area contributed by atoms with Crippen LogP contribution in [0.3, 0.4) is 0 Å². The molecule has 2 aliphatic rings. The molecule has 3 N–H and O–H groups in total. The Labute approximate surface area is 102 Å². The van der Waals surface area contributed by atoms with Crippen LogP contribution in [-0.2, 0) is 4.79 Å². The predicted molar refractivity (Wildman–Crippen MR) is 65.9 cm³/mol. The average molecular weight is 236 g/mol. The van der Waals surface area contributed by atoms with E-state index in [-0.39, 0.29) is 23.3 Å². The fourth-order valence-corrected chi connectivity index (χ4v) is 2.50. The van der Waals surface area contributed by atoms with Crippen LogP contribution in [0.4, 0.5) is 0 Å². The van der Waals surface area contributed by atoms with E-state index >= 15 is 0 Å². The normalized spacial score (nSPS) is 33.5. The highest BCUT2D eigenvalue weighted by atomic mass is 16.3. The van der Waals surface area contributed by atoms with Crippen molar-refractivity contribution in [3.05, 3.63) is 23.3 Å².